The summed E-state index contributed by atoms with van der Waals surface area (Å²) >= 11 is 5.97. The molecule has 0 aliphatic heterocycles. The first kappa shape index (κ1) is 18.4. The number of carbonyl (C=O) groups excluding carboxylic acids is 2. The smallest absolute Gasteiger partial charge is 0.257 e. The fourth-order valence-corrected chi connectivity index (χ4v) is 2.76. The highest BCUT2D eigenvalue weighted by atomic mass is 35.5. The molecular formula is C20H16ClN3O3. The van der Waals surface area contributed by atoms with Gasteiger partial charge in [0.1, 0.15) is 0 Å². The summed E-state index contributed by atoms with van der Waals surface area (Å²) in [4.78, 5) is 35.7. The molecule has 0 radical (unpaired) electrons. The van der Waals surface area contributed by atoms with Crippen LogP contribution in [0.1, 0.15) is 26.3 Å². The van der Waals surface area contributed by atoms with Gasteiger partial charge in [0.25, 0.3) is 11.5 Å². The van der Waals surface area contributed by atoms with Crippen LogP contribution in [0.5, 0.6) is 0 Å². The van der Waals surface area contributed by atoms with Gasteiger partial charge in [0, 0.05) is 28.5 Å². The molecule has 0 bridgehead atoms. The van der Waals surface area contributed by atoms with Crippen molar-refractivity contribution in [3.05, 3.63) is 98.9 Å². The summed E-state index contributed by atoms with van der Waals surface area (Å²) in [5, 5.41) is 3.29. The number of anilines is 1. The molecule has 0 aliphatic carbocycles. The van der Waals surface area contributed by atoms with Gasteiger partial charge in [-0.1, -0.05) is 23.7 Å². The van der Waals surface area contributed by atoms with Crippen molar-refractivity contribution in [3.8, 4) is 0 Å². The fraction of sp³-hybridized carbons (Fsp3) is 0.0500. The summed E-state index contributed by atoms with van der Waals surface area (Å²) in [6, 6.07) is 16.2. The quantitative estimate of drug-likeness (QED) is 0.711. The number of pyridine rings is 1. The van der Waals surface area contributed by atoms with Gasteiger partial charge in [-0.2, -0.15) is 0 Å². The van der Waals surface area contributed by atoms with Crippen LogP contribution in [0.3, 0.4) is 0 Å². The van der Waals surface area contributed by atoms with Gasteiger partial charge in [0.2, 0.25) is 5.91 Å². The Balaban J connectivity index is 1.79. The Morgan fingerprint density at radius 1 is 1.00 bits per heavy atom. The number of nitrogens with one attached hydrogen (secondary N) is 1. The van der Waals surface area contributed by atoms with Gasteiger partial charge in [-0.05, 0) is 48.0 Å². The molecule has 6 nitrogen and oxygen atoms in total. The second kappa shape index (κ2) is 7.88. The van der Waals surface area contributed by atoms with Crippen molar-refractivity contribution in [2.24, 2.45) is 5.73 Å². The van der Waals surface area contributed by atoms with Crippen molar-refractivity contribution in [2.75, 3.05) is 5.32 Å². The van der Waals surface area contributed by atoms with Gasteiger partial charge in [-0.3, -0.25) is 14.4 Å². The minimum Gasteiger partial charge on any atom is -0.366 e. The summed E-state index contributed by atoms with van der Waals surface area (Å²) in [7, 11) is 0. The van der Waals surface area contributed by atoms with E-state index in [4.69, 9.17) is 17.3 Å². The molecule has 27 heavy (non-hydrogen) atoms. The Morgan fingerprint density at radius 2 is 1.70 bits per heavy atom. The number of amides is 2. The average molecular weight is 382 g/mol. The predicted molar refractivity (Wildman–Crippen MR) is 104 cm³/mol. The van der Waals surface area contributed by atoms with Gasteiger partial charge in [0.15, 0.2) is 0 Å². The van der Waals surface area contributed by atoms with Crippen LogP contribution in [0.15, 0.2) is 71.7 Å². The number of nitrogens with two attached hydrogens (primary N) is 1. The number of primary amides is 1. The van der Waals surface area contributed by atoms with Crippen LogP contribution in [-0.4, -0.2) is 16.4 Å². The zero-order valence-corrected chi connectivity index (χ0v) is 14.9. The molecule has 3 rings (SSSR count). The second-order valence-corrected chi connectivity index (χ2v) is 6.35. The van der Waals surface area contributed by atoms with E-state index in [0.717, 1.165) is 5.56 Å². The highest BCUT2D eigenvalue weighted by molar-refractivity contribution is 6.30. The maximum absolute atomic E-state index is 12.5. The van der Waals surface area contributed by atoms with E-state index >= 15 is 0 Å². The van der Waals surface area contributed by atoms with Crippen molar-refractivity contribution in [1.29, 1.82) is 0 Å². The lowest BCUT2D eigenvalue weighted by Crippen LogP contribution is -2.22. The Morgan fingerprint density at radius 3 is 2.37 bits per heavy atom. The standard InChI is InChI=1S/C20H16ClN3O3/c21-16-3-1-2-13(10-16)11-24-12-15(6-9-18(24)25)20(27)23-17-7-4-14(5-8-17)19(22)26/h1-10,12H,11H2,(H2,22,26)(H,23,27). The molecule has 1 aromatic heterocycles. The molecule has 0 spiro atoms. The first-order valence-corrected chi connectivity index (χ1v) is 8.46. The first-order valence-electron chi connectivity index (χ1n) is 8.08. The van der Waals surface area contributed by atoms with Crippen molar-refractivity contribution in [2.45, 2.75) is 6.54 Å². The fourth-order valence-electron chi connectivity index (χ4n) is 2.54. The van der Waals surface area contributed by atoms with Crippen LogP contribution in [0.25, 0.3) is 0 Å². The number of benzene rings is 2. The topological polar surface area (TPSA) is 94.2 Å². The molecule has 0 unspecified atom stereocenters. The number of hydrogen-bond donors (Lipinski definition) is 2. The number of hydrogen-bond acceptors (Lipinski definition) is 3. The Kier molecular flexibility index (Phi) is 5.38. The molecule has 136 valence electrons. The van der Waals surface area contributed by atoms with Gasteiger partial charge in [-0.25, -0.2) is 0 Å². The van der Waals surface area contributed by atoms with Gasteiger partial charge >= 0.3 is 0 Å². The molecule has 2 amide bonds. The van der Waals surface area contributed by atoms with E-state index in [1.54, 1.807) is 30.3 Å². The van der Waals surface area contributed by atoms with E-state index < -0.39 is 5.91 Å². The first-order chi connectivity index (χ1) is 12.9. The zero-order valence-electron chi connectivity index (χ0n) is 14.2. The molecule has 0 aliphatic rings. The van der Waals surface area contributed by atoms with Crippen LogP contribution in [0, 0.1) is 0 Å². The molecular weight excluding hydrogens is 366 g/mol. The van der Waals surface area contributed by atoms with Gasteiger partial charge in [-0.15, -0.1) is 0 Å². The summed E-state index contributed by atoms with van der Waals surface area (Å²) in [5.74, 6) is -0.914. The molecule has 0 fully saturated rings. The molecule has 0 saturated heterocycles. The highest BCUT2D eigenvalue weighted by Gasteiger charge is 2.09. The average Bonchev–Trinajstić information content (AvgIpc) is 2.64. The molecule has 0 saturated carbocycles. The number of carbonyl (C=O) groups is 2. The lowest BCUT2D eigenvalue weighted by atomic mass is 10.2. The van der Waals surface area contributed by atoms with Crippen molar-refractivity contribution >= 4 is 29.1 Å². The molecule has 3 aromatic rings. The van der Waals surface area contributed by atoms with Crippen molar-refractivity contribution in [1.82, 2.24) is 4.57 Å². The third-order valence-electron chi connectivity index (χ3n) is 3.91. The Bertz CT molecular complexity index is 1060. The summed E-state index contributed by atoms with van der Waals surface area (Å²) in [6.07, 6.45) is 1.50. The minimum absolute atomic E-state index is 0.225. The number of rotatable bonds is 5. The summed E-state index contributed by atoms with van der Waals surface area (Å²) in [5.41, 5.74) is 7.01. The van der Waals surface area contributed by atoms with Crippen molar-refractivity contribution < 1.29 is 9.59 Å². The van der Waals surface area contributed by atoms with E-state index in [9.17, 15) is 14.4 Å². The maximum atomic E-state index is 12.5. The van der Waals surface area contributed by atoms with Crippen molar-refractivity contribution in [3.63, 3.8) is 0 Å². The highest BCUT2D eigenvalue weighted by Crippen LogP contribution is 2.13. The molecule has 2 aromatic carbocycles. The summed E-state index contributed by atoms with van der Waals surface area (Å²) in [6.45, 7) is 0.299. The third kappa shape index (κ3) is 4.62. The molecule has 7 heteroatoms. The SMILES string of the molecule is NC(=O)c1ccc(NC(=O)c2ccc(=O)n(Cc3cccc(Cl)c3)c2)cc1. The lowest BCUT2D eigenvalue weighted by Gasteiger charge is -2.10. The van der Waals surface area contributed by atoms with E-state index in [2.05, 4.69) is 5.32 Å². The maximum Gasteiger partial charge on any atom is 0.257 e. The van der Waals surface area contributed by atoms with E-state index in [-0.39, 0.29) is 11.5 Å². The van der Waals surface area contributed by atoms with Crippen LogP contribution in [-0.2, 0) is 6.54 Å². The van der Waals surface area contributed by atoms with Crippen LogP contribution in [0.4, 0.5) is 5.69 Å². The van der Waals surface area contributed by atoms with Crippen LogP contribution in [0.2, 0.25) is 5.02 Å². The van der Waals surface area contributed by atoms with Crippen LogP contribution >= 0.6 is 11.6 Å². The van der Waals surface area contributed by atoms with E-state index in [1.807, 2.05) is 6.07 Å². The van der Waals surface area contributed by atoms with Crippen LogP contribution < -0.4 is 16.6 Å². The molecule has 1 heterocycles. The predicted octanol–water partition coefficient (Wildman–Crippen LogP) is 2.90. The zero-order chi connectivity index (χ0) is 19.4. The minimum atomic E-state index is -0.541. The van der Waals surface area contributed by atoms with Gasteiger partial charge < -0.3 is 15.6 Å². The Hall–Kier alpha value is -3.38. The normalized spacial score (nSPS) is 10.4. The lowest BCUT2D eigenvalue weighted by molar-refractivity contribution is 0.0998. The molecule has 3 N–H and O–H groups in total. The third-order valence-corrected chi connectivity index (χ3v) is 4.15. The largest absolute Gasteiger partial charge is 0.366 e. The number of aromatic nitrogens is 1. The van der Waals surface area contributed by atoms with Gasteiger partial charge in [0.05, 0.1) is 12.1 Å². The second-order valence-electron chi connectivity index (χ2n) is 5.91. The van der Waals surface area contributed by atoms with E-state index in [0.29, 0.717) is 28.4 Å². The van der Waals surface area contributed by atoms with E-state index in [1.165, 1.54) is 35.0 Å². The molecule has 0 atom stereocenters. The number of nitrogens with zero attached hydrogens (tertiary/aromatic N) is 1. The summed E-state index contributed by atoms with van der Waals surface area (Å²) < 4.78 is 1.44. The monoisotopic (exact) mass is 381 g/mol. The number of halogens is 1. The Labute approximate surface area is 160 Å².